The molecule has 1 aliphatic heterocycles. The van der Waals surface area contributed by atoms with Crippen LogP contribution in [-0.2, 0) is 0 Å². The van der Waals surface area contributed by atoms with Crippen molar-refractivity contribution in [2.24, 2.45) is 0 Å². The minimum atomic E-state index is -0.0314. The maximum absolute atomic E-state index is 12.7. The molecule has 0 aliphatic carbocycles. The van der Waals surface area contributed by atoms with E-state index in [9.17, 15) is 4.79 Å². The topological polar surface area (TPSA) is 35.5 Å². The lowest BCUT2D eigenvalue weighted by Crippen LogP contribution is -2.04. The number of ether oxygens (including phenoxy) is 2. The molecule has 0 bridgehead atoms. The van der Waals surface area contributed by atoms with E-state index in [1.165, 1.54) is 0 Å². The number of rotatable bonds is 2. The fourth-order valence-electron chi connectivity index (χ4n) is 2.13. The molecule has 0 unspecified atom stereocenters. The normalized spacial score (nSPS) is 13.6. The Kier molecular flexibility index (Phi) is 4.49. The highest BCUT2D eigenvalue weighted by molar-refractivity contribution is 14.1. The van der Waals surface area contributed by atoms with Crippen LogP contribution in [0.5, 0.6) is 11.5 Å². The van der Waals surface area contributed by atoms with Gasteiger partial charge in [0, 0.05) is 25.6 Å². The van der Waals surface area contributed by atoms with E-state index in [2.05, 4.69) is 38.5 Å². The van der Waals surface area contributed by atoms with Gasteiger partial charge in [0.1, 0.15) is 0 Å². The Morgan fingerprint density at radius 1 is 1.05 bits per heavy atom. The monoisotopic (exact) mass is 458 g/mol. The summed E-state index contributed by atoms with van der Waals surface area (Å²) in [6, 6.07) is 11.1. The third-order valence-electron chi connectivity index (χ3n) is 3.18. The average molecular weight is 459 g/mol. The smallest absolute Gasteiger partial charge is 0.194 e. The highest BCUT2D eigenvalue weighted by Gasteiger charge is 2.17. The second-order valence-electron chi connectivity index (χ2n) is 4.67. The molecule has 0 atom stereocenters. The Hall–Kier alpha value is -1.08. The molecule has 0 saturated heterocycles. The molecule has 0 radical (unpaired) electrons. The highest BCUT2D eigenvalue weighted by Crippen LogP contribution is 2.32. The summed E-state index contributed by atoms with van der Waals surface area (Å²) in [4.78, 5) is 12.7. The van der Waals surface area contributed by atoms with Crippen molar-refractivity contribution in [3.05, 3.63) is 55.6 Å². The lowest BCUT2D eigenvalue weighted by Gasteiger charge is -2.10. The fourth-order valence-corrected chi connectivity index (χ4v) is 3.05. The first-order valence-electron chi connectivity index (χ1n) is 6.54. The van der Waals surface area contributed by atoms with E-state index in [4.69, 9.17) is 9.47 Å². The number of hydrogen-bond donors (Lipinski definition) is 0. The predicted octanol–water partition coefficient (Wildman–Crippen LogP) is 4.45. The van der Waals surface area contributed by atoms with Crippen LogP contribution < -0.4 is 9.47 Å². The Labute approximate surface area is 144 Å². The van der Waals surface area contributed by atoms with E-state index in [1.54, 1.807) is 18.2 Å². The van der Waals surface area contributed by atoms with Gasteiger partial charge in [0.2, 0.25) is 0 Å². The lowest BCUT2D eigenvalue weighted by atomic mass is 10.0. The van der Waals surface area contributed by atoms with E-state index in [-0.39, 0.29) is 5.78 Å². The summed E-state index contributed by atoms with van der Waals surface area (Å²) in [5.74, 6) is 1.31. The lowest BCUT2D eigenvalue weighted by molar-refractivity contribution is 0.103. The predicted molar refractivity (Wildman–Crippen MR) is 92.3 cm³/mol. The molecule has 0 spiro atoms. The van der Waals surface area contributed by atoms with Crippen LogP contribution >= 0.6 is 38.5 Å². The SMILES string of the molecule is O=C(c1ccc2c(c1)OCCCO2)c1cc(I)ccc1Br. The number of carbonyl (C=O) groups excluding carboxylic acids is 1. The maximum Gasteiger partial charge on any atom is 0.194 e. The third-order valence-corrected chi connectivity index (χ3v) is 4.55. The van der Waals surface area contributed by atoms with Gasteiger partial charge in [-0.25, -0.2) is 0 Å². The molecule has 1 aliphatic rings. The van der Waals surface area contributed by atoms with Crippen LogP contribution in [0.25, 0.3) is 0 Å². The van der Waals surface area contributed by atoms with Crippen LogP contribution in [0.15, 0.2) is 40.9 Å². The first-order valence-corrected chi connectivity index (χ1v) is 8.42. The van der Waals surface area contributed by atoms with Gasteiger partial charge in [-0.1, -0.05) is 15.9 Å². The molecular weight excluding hydrogens is 447 g/mol. The number of ketones is 1. The minimum Gasteiger partial charge on any atom is -0.490 e. The molecule has 0 amide bonds. The van der Waals surface area contributed by atoms with Crippen molar-refractivity contribution in [3.8, 4) is 11.5 Å². The molecule has 3 rings (SSSR count). The average Bonchev–Trinajstić information content (AvgIpc) is 2.73. The van der Waals surface area contributed by atoms with E-state index in [0.29, 0.717) is 35.8 Å². The number of carbonyl (C=O) groups is 1. The highest BCUT2D eigenvalue weighted by atomic mass is 127. The van der Waals surface area contributed by atoms with Gasteiger partial charge in [0.05, 0.1) is 13.2 Å². The standard InChI is InChI=1S/C16H12BrIO3/c17-13-4-3-11(18)9-12(13)16(19)10-2-5-14-15(8-10)21-7-1-6-20-14/h2-5,8-9H,1,6-7H2. The zero-order valence-electron chi connectivity index (χ0n) is 11.1. The molecule has 5 heteroatoms. The van der Waals surface area contributed by atoms with Crippen molar-refractivity contribution in [1.29, 1.82) is 0 Å². The second kappa shape index (κ2) is 6.36. The van der Waals surface area contributed by atoms with E-state index in [1.807, 2.05) is 18.2 Å². The summed E-state index contributed by atoms with van der Waals surface area (Å²) in [6.07, 6.45) is 0.848. The molecule has 1 heterocycles. The number of hydrogen-bond acceptors (Lipinski definition) is 3. The molecular formula is C16H12BrIO3. The van der Waals surface area contributed by atoms with Crippen molar-refractivity contribution in [2.45, 2.75) is 6.42 Å². The van der Waals surface area contributed by atoms with Crippen molar-refractivity contribution in [1.82, 2.24) is 0 Å². The molecule has 0 aromatic heterocycles. The largest absolute Gasteiger partial charge is 0.490 e. The molecule has 2 aromatic carbocycles. The van der Waals surface area contributed by atoms with Crippen molar-refractivity contribution in [3.63, 3.8) is 0 Å². The summed E-state index contributed by atoms with van der Waals surface area (Å²) in [7, 11) is 0. The van der Waals surface area contributed by atoms with E-state index in [0.717, 1.165) is 14.5 Å². The molecule has 0 N–H and O–H groups in total. The Bertz CT molecular complexity index is 700. The molecule has 108 valence electrons. The van der Waals surface area contributed by atoms with Gasteiger partial charge in [-0.15, -0.1) is 0 Å². The van der Waals surface area contributed by atoms with Crippen LogP contribution in [0.1, 0.15) is 22.3 Å². The molecule has 3 nitrogen and oxygen atoms in total. The summed E-state index contributed by atoms with van der Waals surface area (Å²) >= 11 is 5.63. The fraction of sp³-hybridized carbons (Fsp3) is 0.188. The van der Waals surface area contributed by atoms with Crippen molar-refractivity contribution in [2.75, 3.05) is 13.2 Å². The molecule has 0 saturated carbocycles. The van der Waals surface area contributed by atoms with Crippen molar-refractivity contribution < 1.29 is 14.3 Å². The first kappa shape index (κ1) is 14.8. The van der Waals surface area contributed by atoms with Crippen LogP contribution in [0.4, 0.5) is 0 Å². The quantitative estimate of drug-likeness (QED) is 0.492. The molecule has 21 heavy (non-hydrogen) atoms. The summed E-state index contributed by atoms with van der Waals surface area (Å²) < 4.78 is 13.0. The molecule has 2 aromatic rings. The number of halogens is 2. The van der Waals surface area contributed by atoms with Crippen molar-refractivity contribution >= 4 is 44.3 Å². The molecule has 0 fully saturated rings. The first-order chi connectivity index (χ1) is 10.1. The van der Waals surface area contributed by atoms with Gasteiger partial charge >= 0.3 is 0 Å². The van der Waals surface area contributed by atoms with Gasteiger partial charge in [-0.05, 0) is 59.0 Å². The van der Waals surface area contributed by atoms with Gasteiger partial charge in [-0.3, -0.25) is 4.79 Å². The Morgan fingerprint density at radius 2 is 1.81 bits per heavy atom. The Balaban J connectivity index is 1.98. The van der Waals surface area contributed by atoms with Gasteiger partial charge < -0.3 is 9.47 Å². The van der Waals surface area contributed by atoms with Crippen LogP contribution in [0.2, 0.25) is 0 Å². The van der Waals surface area contributed by atoms with Crippen LogP contribution in [-0.4, -0.2) is 19.0 Å². The summed E-state index contributed by atoms with van der Waals surface area (Å²) in [6.45, 7) is 1.25. The maximum atomic E-state index is 12.7. The van der Waals surface area contributed by atoms with Gasteiger partial charge in [-0.2, -0.15) is 0 Å². The number of benzene rings is 2. The van der Waals surface area contributed by atoms with E-state index < -0.39 is 0 Å². The van der Waals surface area contributed by atoms with Crippen LogP contribution in [0.3, 0.4) is 0 Å². The number of fused-ring (bicyclic) bond motifs is 1. The van der Waals surface area contributed by atoms with E-state index >= 15 is 0 Å². The van der Waals surface area contributed by atoms with Gasteiger partial charge in [0.25, 0.3) is 0 Å². The Morgan fingerprint density at radius 3 is 2.62 bits per heavy atom. The van der Waals surface area contributed by atoms with Gasteiger partial charge in [0.15, 0.2) is 17.3 Å². The second-order valence-corrected chi connectivity index (χ2v) is 6.77. The van der Waals surface area contributed by atoms with Crippen LogP contribution in [0, 0.1) is 3.57 Å². The third kappa shape index (κ3) is 3.23. The zero-order valence-corrected chi connectivity index (χ0v) is 14.8. The minimum absolute atomic E-state index is 0.0314. The summed E-state index contributed by atoms with van der Waals surface area (Å²) in [5.41, 5.74) is 1.25. The zero-order chi connectivity index (χ0) is 14.8. The summed E-state index contributed by atoms with van der Waals surface area (Å²) in [5, 5.41) is 0.